The summed E-state index contributed by atoms with van der Waals surface area (Å²) in [7, 11) is 1.73. The van der Waals surface area contributed by atoms with Gasteiger partial charge in [-0.3, -0.25) is 4.90 Å². The Morgan fingerprint density at radius 1 is 0.692 bits per heavy atom. The number of halogens is 7. The average molecular weight is 910 g/mol. The Hall–Kier alpha value is -6.39. The number of hydrogen-bond donors (Lipinski definition) is 2. The lowest BCUT2D eigenvalue weighted by atomic mass is 9.99. The van der Waals surface area contributed by atoms with Crippen LogP contribution >= 0.6 is 0 Å². The van der Waals surface area contributed by atoms with Gasteiger partial charge in [-0.2, -0.15) is 23.1 Å². The molecule has 4 aromatic heterocycles. The number of methoxy groups -OCH3 is 1. The van der Waals surface area contributed by atoms with Crippen molar-refractivity contribution in [1.82, 2.24) is 44.4 Å². The van der Waals surface area contributed by atoms with Crippen molar-refractivity contribution >= 4 is 35.2 Å². The minimum atomic E-state index is -4.58. The Balaban J connectivity index is 0.000000179. The van der Waals surface area contributed by atoms with E-state index in [1.807, 2.05) is 17.9 Å². The van der Waals surface area contributed by atoms with Crippen molar-refractivity contribution in [2.24, 2.45) is 5.92 Å². The van der Waals surface area contributed by atoms with Gasteiger partial charge in [0.05, 0.1) is 30.2 Å². The van der Waals surface area contributed by atoms with Crippen molar-refractivity contribution in [3.63, 3.8) is 0 Å². The predicted octanol–water partition coefficient (Wildman–Crippen LogP) is 7.47. The fraction of sp³-hybridized carbons (Fsp3) is 0.395. The van der Waals surface area contributed by atoms with E-state index in [0.717, 1.165) is 98.0 Å². The molecule has 2 atom stereocenters. The third-order valence-electron chi connectivity index (χ3n) is 11.1. The standard InChI is InChI=1S/C22H22F5N7O.C21H24F2N6O/c23-15-9-16(24)11-18(10-15)34-13-28-21(31-34)30-19-7-14(22(25,26)27)8-20(29-19)33-4-2-32(3-5-33)17-1-6-35-12-17;1-14-6-19(25-20(7-14)28-5-3-4-15(11-28)12-30-2)26-21-24-13-29(27-21)18-9-16(22)8-17(23)10-18/h7-11,13,17H,1-6,12H2,(H,29,30,31);6-10,13,15H,3-5,11-12H2,1-2H3,(H,25,26,27)/t17-;/m0./s1. The molecular weight excluding hydrogens is 864 g/mol. The van der Waals surface area contributed by atoms with Crippen LogP contribution in [0.2, 0.25) is 0 Å². The molecule has 3 saturated heterocycles. The van der Waals surface area contributed by atoms with E-state index in [-0.39, 0.29) is 29.0 Å². The molecule has 0 aliphatic carbocycles. The van der Waals surface area contributed by atoms with Gasteiger partial charge in [0.1, 0.15) is 59.2 Å². The zero-order chi connectivity index (χ0) is 45.7. The number of pyridine rings is 2. The lowest BCUT2D eigenvalue weighted by molar-refractivity contribution is -0.137. The van der Waals surface area contributed by atoms with Crippen molar-refractivity contribution in [2.75, 3.05) is 86.6 Å². The molecule has 7 heterocycles. The highest BCUT2D eigenvalue weighted by atomic mass is 19.4. The summed E-state index contributed by atoms with van der Waals surface area (Å²) in [5, 5.41) is 14.1. The number of ether oxygens (including phenoxy) is 2. The first-order chi connectivity index (χ1) is 31.2. The second kappa shape index (κ2) is 19.8. The zero-order valence-corrected chi connectivity index (χ0v) is 35.4. The van der Waals surface area contributed by atoms with E-state index in [0.29, 0.717) is 56.5 Å². The van der Waals surface area contributed by atoms with Crippen LogP contribution in [0.15, 0.2) is 73.3 Å². The molecule has 3 aliphatic rings. The molecule has 9 rings (SSSR count). The van der Waals surface area contributed by atoms with Crippen LogP contribution in [-0.4, -0.2) is 117 Å². The minimum Gasteiger partial charge on any atom is -0.384 e. The van der Waals surface area contributed by atoms with Gasteiger partial charge in [-0.05, 0) is 86.2 Å². The van der Waals surface area contributed by atoms with Crippen molar-refractivity contribution in [3.8, 4) is 11.4 Å². The quantitative estimate of drug-likeness (QED) is 0.125. The predicted molar refractivity (Wildman–Crippen MR) is 227 cm³/mol. The van der Waals surface area contributed by atoms with Gasteiger partial charge in [0, 0.05) is 71.2 Å². The molecule has 0 spiro atoms. The normalized spacial score (nSPS) is 18.1. The maximum Gasteiger partial charge on any atom is 0.416 e. The summed E-state index contributed by atoms with van der Waals surface area (Å²) in [6.45, 7) is 8.48. The number of alkyl halides is 3. The van der Waals surface area contributed by atoms with E-state index in [4.69, 9.17) is 14.5 Å². The minimum absolute atomic E-state index is 0.0708. The maximum absolute atomic E-state index is 13.6. The van der Waals surface area contributed by atoms with Crippen LogP contribution in [0.25, 0.3) is 11.4 Å². The van der Waals surface area contributed by atoms with E-state index in [1.165, 1.54) is 29.5 Å². The van der Waals surface area contributed by atoms with Crippen molar-refractivity contribution in [2.45, 2.75) is 38.4 Å². The zero-order valence-electron chi connectivity index (χ0n) is 35.4. The van der Waals surface area contributed by atoms with Gasteiger partial charge in [0.2, 0.25) is 11.9 Å². The highest BCUT2D eigenvalue weighted by molar-refractivity contribution is 5.57. The second-order valence-electron chi connectivity index (χ2n) is 16.0. The van der Waals surface area contributed by atoms with Crippen molar-refractivity contribution < 1.29 is 40.2 Å². The molecule has 2 N–H and O–H groups in total. The van der Waals surface area contributed by atoms with Gasteiger partial charge in [-0.15, -0.1) is 10.2 Å². The van der Waals surface area contributed by atoms with Gasteiger partial charge in [-0.25, -0.2) is 36.9 Å². The monoisotopic (exact) mass is 909 g/mol. The molecule has 0 amide bonds. The van der Waals surface area contributed by atoms with Gasteiger partial charge in [-0.1, -0.05) is 0 Å². The summed E-state index contributed by atoms with van der Waals surface area (Å²) in [6, 6.07) is 12.2. The van der Waals surface area contributed by atoms with Gasteiger partial charge in [0.15, 0.2) is 0 Å². The molecule has 2 aromatic carbocycles. The summed E-state index contributed by atoms with van der Waals surface area (Å²) in [5.41, 5.74) is 0.529. The van der Waals surface area contributed by atoms with Crippen molar-refractivity contribution in [1.29, 1.82) is 0 Å². The molecule has 0 bridgehead atoms. The molecule has 0 saturated carbocycles. The largest absolute Gasteiger partial charge is 0.416 e. The van der Waals surface area contributed by atoms with Crippen LogP contribution in [0.5, 0.6) is 0 Å². The van der Waals surface area contributed by atoms with Gasteiger partial charge < -0.3 is 29.9 Å². The number of piperidine rings is 1. The number of nitrogens with zero attached hydrogens (tertiary/aromatic N) is 11. The first kappa shape index (κ1) is 45.2. The third kappa shape index (κ3) is 11.7. The molecule has 3 aliphatic heterocycles. The number of rotatable bonds is 11. The fourth-order valence-electron chi connectivity index (χ4n) is 8.01. The first-order valence-corrected chi connectivity index (χ1v) is 20.9. The number of benzene rings is 2. The number of anilines is 6. The molecule has 22 heteroatoms. The molecule has 6 aromatic rings. The van der Waals surface area contributed by atoms with Crippen LogP contribution in [0.3, 0.4) is 0 Å². The van der Waals surface area contributed by atoms with Crippen molar-refractivity contribution in [3.05, 3.63) is 108 Å². The van der Waals surface area contributed by atoms with Crippen LogP contribution in [0.4, 0.5) is 65.9 Å². The highest BCUT2D eigenvalue weighted by Gasteiger charge is 2.34. The lowest BCUT2D eigenvalue weighted by Crippen LogP contribution is -2.50. The highest BCUT2D eigenvalue weighted by Crippen LogP contribution is 2.34. The maximum atomic E-state index is 13.6. The summed E-state index contributed by atoms with van der Waals surface area (Å²) >= 11 is 0. The summed E-state index contributed by atoms with van der Waals surface area (Å²) in [5.74, 6) is -0.622. The topological polar surface area (TPSA) is 139 Å². The Kier molecular flexibility index (Phi) is 13.8. The van der Waals surface area contributed by atoms with Crippen LogP contribution in [0, 0.1) is 36.1 Å². The Morgan fingerprint density at radius 3 is 1.80 bits per heavy atom. The Bertz CT molecular complexity index is 2520. The van der Waals surface area contributed by atoms with E-state index in [9.17, 15) is 30.7 Å². The fourth-order valence-corrected chi connectivity index (χ4v) is 8.01. The number of nitrogens with one attached hydrogen (secondary N) is 2. The average Bonchev–Trinajstić information content (AvgIpc) is 4.07. The van der Waals surface area contributed by atoms with E-state index in [1.54, 1.807) is 7.11 Å². The smallest absolute Gasteiger partial charge is 0.384 e. The van der Waals surface area contributed by atoms with E-state index in [2.05, 4.69) is 51.6 Å². The SMILES string of the molecule is COCC1CCCN(c2cc(C)cc(Nc3ncn(-c4cc(F)cc(F)c4)n3)n2)C1.Fc1cc(F)cc(-n2cnc(Nc3cc(C(F)(F)F)cc(N4CCN([C@H]5CCOC5)CC4)n3)n2)c1. The van der Waals surface area contributed by atoms with Crippen LogP contribution < -0.4 is 20.4 Å². The van der Waals surface area contributed by atoms with Gasteiger partial charge in [0.25, 0.3) is 0 Å². The number of piperazine rings is 1. The summed E-state index contributed by atoms with van der Waals surface area (Å²) in [4.78, 5) is 23.6. The molecule has 15 nitrogen and oxygen atoms in total. The van der Waals surface area contributed by atoms with Gasteiger partial charge >= 0.3 is 6.18 Å². The Morgan fingerprint density at radius 2 is 1.26 bits per heavy atom. The van der Waals surface area contributed by atoms with Crippen LogP contribution in [-0.2, 0) is 15.7 Å². The molecule has 65 heavy (non-hydrogen) atoms. The Labute approximate surface area is 369 Å². The second-order valence-corrected chi connectivity index (χ2v) is 16.0. The molecular formula is C43H46F7N13O2. The van der Waals surface area contributed by atoms with E-state index >= 15 is 0 Å². The van der Waals surface area contributed by atoms with Crippen LogP contribution in [0.1, 0.15) is 30.4 Å². The third-order valence-corrected chi connectivity index (χ3v) is 11.1. The summed E-state index contributed by atoms with van der Waals surface area (Å²) in [6.07, 6.45) is 1.22. The summed E-state index contributed by atoms with van der Waals surface area (Å²) < 4.78 is 108. The molecule has 344 valence electrons. The number of hydrogen-bond acceptors (Lipinski definition) is 13. The molecule has 0 radical (unpaired) electrons. The number of aryl methyl sites for hydroxylation is 1. The first-order valence-electron chi connectivity index (χ1n) is 20.9. The van der Waals surface area contributed by atoms with E-state index < -0.39 is 35.0 Å². The number of aromatic nitrogens is 8. The lowest BCUT2D eigenvalue weighted by Gasteiger charge is -2.38. The molecule has 1 unspecified atom stereocenters. The molecule has 3 fully saturated rings.